The zero-order valence-corrected chi connectivity index (χ0v) is 9.73. The van der Waals surface area contributed by atoms with Crippen molar-refractivity contribution in [3.8, 4) is 0 Å². The van der Waals surface area contributed by atoms with E-state index in [2.05, 4.69) is 24.9 Å². The number of hydrogen-bond acceptors (Lipinski definition) is 3. The second-order valence-electron chi connectivity index (χ2n) is 4.06. The number of hydrogen-bond donors (Lipinski definition) is 1. The van der Waals surface area contributed by atoms with Crippen molar-refractivity contribution in [3.63, 3.8) is 0 Å². The van der Waals surface area contributed by atoms with E-state index in [1.54, 1.807) is 4.88 Å². The summed E-state index contributed by atoms with van der Waals surface area (Å²) in [5.74, 6) is 0. The first kappa shape index (κ1) is 10.1. The van der Waals surface area contributed by atoms with Crippen LogP contribution in [0, 0.1) is 6.92 Å². The highest BCUT2D eigenvalue weighted by Crippen LogP contribution is 2.35. The second-order valence-corrected chi connectivity index (χ2v) is 5.40. The number of likely N-dealkylation sites (N-methyl/N-ethyl adjacent to an activating group) is 1. The smallest absolute Gasteiger partial charge is 0.0368 e. The molecule has 1 unspecified atom stereocenters. The molecule has 0 aliphatic carbocycles. The summed E-state index contributed by atoms with van der Waals surface area (Å²) in [5, 5.41) is 0. The summed E-state index contributed by atoms with van der Waals surface area (Å²) in [4.78, 5) is 5.45. The monoisotopic (exact) mass is 210 g/mol. The minimum atomic E-state index is 0.564. The first-order valence-electron chi connectivity index (χ1n) is 5.22. The van der Waals surface area contributed by atoms with Crippen molar-refractivity contribution in [1.29, 1.82) is 0 Å². The molecule has 0 radical (unpaired) electrons. The van der Waals surface area contributed by atoms with Crippen molar-refractivity contribution >= 4 is 11.3 Å². The topological polar surface area (TPSA) is 29.3 Å². The minimum Gasteiger partial charge on any atom is -0.330 e. The van der Waals surface area contributed by atoms with E-state index in [0.29, 0.717) is 6.04 Å². The number of fused-ring (bicyclic) bond motifs is 1. The molecule has 0 spiro atoms. The van der Waals surface area contributed by atoms with Crippen LogP contribution in [0.15, 0.2) is 6.07 Å². The Morgan fingerprint density at radius 2 is 2.43 bits per heavy atom. The fourth-order valence-corrected chi connectivity index (χ4v) is 3.35. The van der Waals surface area contributed by atoms with Gasteiger partial charge in [0.05, 0.1) is 0 Å². The molecular weight excluding hydrogens is 192 g/mol. The van der Waals surface area contributed by atoms with Crippen LogP contribution in [0.4, 0.5) is 0 Å². The summed E-state index contributed by atoms with van der Waals surface area (Å²) < 4.78 is 0. The summed E-state index contributed by atoms with van der Waals surface area (Å²) in [6.45, 7) is 4.16. The zero-order chi connectivity index (χ0) is 10.1. The van der Waals surface area contributed by atoms with Gasteiger partial charge < -0.3 is 5.73 Å². The summed E-state index contributed by atoms with van der Waals surface area (Å²) >= 11 is 1.95. The highest BCUT2D eigenvalue weighted by molar-refractivity contribution is 7.12. The van der Waals surface area contributed by atoms with Gasteiger partial charge in [0.1, 0.15) is 0 Å². The quantitative estimate of drug-likeness (QED) is 0.808. The molecule has 14 heavy (non-hydrogen) atoms. The Morgan fingerprint density at radius 1 is 1.64 bits per heavy atom. The number of nitrogens with two attached hydrogens (primary N) is 1. The van der Waals surface area contributed by atoms with Gasteiger partial charge in [-0.15, -0.1) is 11.3 Å². The molecular formula is C11H18N2S. The fourth-order valence-electron chi connectivity index (χ4n) is 2.26. The van der Waals surface area contributed by atoms with Gasteiger partial charge in [0, 0.05) is 22.3 Å². The van der Waals surface area contributed by atoms with E-state index >= 15 is 0 Å². The Kier molecular flexibility index (Phi) is 2.91. The summed E-state index contributed by atoms with van der Waals surface area (Å²) in [5.41, 5.74) is 7.20. The van der Waals surface area contributed by atoms with Crippen LogP contribution in [-0.4, -0.2) is 25.0 Å². The van der Waals surface area contributed by atoms with Crippen LogP contribution >= 0.6 is 11.3 Å². The third-order valence-corrected chi connectivity index (χ3v) is 4.11. The Morgan fingerprint density at radius 3 is 3.14 bits per heavy atom. The average molecular weight is 210 g/mol. The van der Waals surface area contributed by atoms with Crippen molar-refractivity contribution in [2.45, 2.75) is 25.8 Å². The lowest BCUT2D eigenvalue weighted by atomic mass is 9.97. The largest absolute Gasteiger partial charge is 0.330 e. The van der Waals surface area contributed by atoms with Crippen LogP contribution in [-0.2, 0) is 6.42 Å². The second kappa shape index (κ2) is 4.01. The molecule has 2 N–H and O–H groups in total. The van der Waals surface area contributed by atoms with Crippen LogP contribution in [0.5, 0.6) is 0 Å². The molecule has 1 aliphatic heterocycles. The molecule has 0 aromatic carbocycles. The maximum Gasteiger partial charge on any atom is 0.0368 e. The third-order valence-electron chi connectivity index (χ3n) is 2.99. The van der Waals surface area contributed by atoms with Crippen molar-refractivity contribution in [2.24, 2.45) is 5.73 Å². The standard InChI is InChI=1S/C11H18N2S/c1-8-7-9-10(3-5-12)13(2)6-4-11(9)14-8/h7,10H,3-6,12H2,1-2H3. The molecule has 3 heteroatoms. The molecule has 0 saturated heterocycles. The van der Waals surface area contributed by atoms with Gasteiger partial charge in [-0.3, -0.25) is 4.90 Å². The maximum atomic E-state index is 5.66. The number of aryl methyl sites for hydroxylation is 1. The molecule has 78 valence electrons. The first-order valence-corrected chi connectivity index (χ1v) is 6.03. The molecule has 1 aromatic rings. The normalized spacial score (nSPS) is 22.4. The molecule has 0 bridgehead atoms. The van der Waals surface area contributed by atoms with Crippen molar-refractivity contribution in [2.75, 3.05) is 20.1 Å². The lowest BCUT2D eigenvalue weighted by molar-refractivity contribution is 0.224. The molecule has 0 amide bonds. The first-order chi connectivity index (χ1) is 6.72. The average Bonchev–Trinajstić information content (AvgIpc) is 2.51. The van der Waals surface area contributed by atoms with E-state index in [-0.39, 0.29) is 0 Å². The van der Waals surface area contributed by atoms with Crippen molar-refractivity contribution < 1.29 is 0 Å². The Labute approximate surface area is 89.7 Å². The molecule has 1 aliphatic rings. The van der Waals surface area contributed by atoms with E-state index < -0.39 is 0 Å². The highest BCUT2D eigenvalue weighted by Gasteiger charge is 2.25. The third kappa shape index (κ3) is 1.72. The number of rotatable bonds is 2. The lowest BCUT2D eigenvalue weighted by Crippen LogP contribution is -2.32. The molecule has 0 fully saturated rings. The highest BCUT2D eigenvalue weighted by atomic mass is 32.1. The molecule has 1 aromatic heterocycles. The van der Waals surface area contributed by atoms with E-state index in [1.165, 1.54) is 23.4 Å². The van der Waals surface area contributed by atoms with Crippen LogP contribution in [0.2, 0.25) is 0 Å². The fraction of sp³-hybridized carbons (Fsp3) is 0.636. The van der Waals surface area contributed by atoms with Gasteiger partial charge in [0.25, 0.3) is 0 Å². The minimum absolute atomic E-state index is 0.564. The van der Waals surface area contributed by atoms with E-state index in [1.807, 2.05) is 11.3 Å². The van der Waals surface area contributed by atoms with Crippen LogP contribution in [0.3, 0.4) is 0 Å². The van der Waals surface area contributed by atoms with Crippen molar-refractivity contribution in [1.82, 2.24) is 4.90 Å². The molecule has 2 nitrogen and oxygen atoms in total. The SMILES string of the molecule is Cc1cc2c(s1)CCN(C)C2CCN. The predicted octanol–water partition coefficient (Wildman–Crippen LogP) is 1.93. The van der Waals surface area contributed by atoms with Gasteiger partial charge >= 0.3 is 0 Å². The number of thiophene rings is 1. The van der Waals surface area contributed by atoms with Gasteiger partial charge in [0.2, 0.25) is 0 Å². The van der Waals surface area contributed by atoms with E-state index in [9.17, 15) is 0 Å². The van der Waals surface area contributed by atoms with Gasteiger partial charge in [-0.25, -0.2) is 0 Å². The molecule has 2 heterocycles. The molecule has 2 rings (SSSR count). The molecule has 1 atom stereocenters. The Balaban J connectivity index is 2.30. The summed E-state index contributed by atoms with van der Waals surface area (Å²) in [6, 6.07) is 2.91. The van der Waals surface area contributed by atoms with E-state index in [0.717, 1.165) is 13.0 Å². The van der Waals surface area contributed by atoms with Gasteiger partial charge in [-0.05, 0) is 45.0 Å². The van der Waals surface area contributed by atoms with Gasteiger partial charge in [0.15, 0.2) is 0 Å². The summed E-state index contributed by atoms with van der Waals surface area (Å²) in [7, 11) is 2.20. The zero-order valence-electron chi connectivity index (χ0n) is 8.92. The van der Waals surface area contributed by atoms with Crippen molar-refractivity contribution in [3.05, 3.63) is 21.4 Å². The molecule has 0 saturated carbocycles. The number of nitrogens with zero attached hydrogens (tertiary/aromatic N) is 1. The van der Waals surface area contributed by atoms with Crippen LogP contribution in [0.1, 0.15) is 27.8 Å². The maximum absolute atomic E-state index is 5.66. The predicted molar refractivity (Wildman–Crippen MR) is 61.8 cm³/mol. The lowest BCUT2D eigenvalue weighted by Gasteiger charge is -2.32. The van der Waals surface area contributed by atoms with E-state index in [4.69, 9.17) is 5.73 Å². The summed E-state index contributed by atoms with van der Waals surface area (Å²) in [6.07, 6.45) is 2.30. The Bertz CT molecular complexity index is 319. The Hall–Kier alpha value is -0.380. The van der Waals surface area contributed by atoms with Crippen LogP contribution in [0.25, 0.3) is 0 Å². The van der Waals surface area contributed by atoms with Crippen LogP contribution < -0.4 is 5.73 Å². The van der Waals surface area contributed by atoms with Gasteiger partial charge in [-0.2, -0.15) is 0 Å². The van der Waals surface area contributed by atoms with Gasteiger partial charge in [-0.1, -0.05) is 0 Å².